The molecule has 3 rings (SSSR count). The second-order valence-electron chi connectivity index (χ2n) is 7.11. The van der Waals surface area contributed by atoms with Gasteiger partial charge in [-0.1, -0.05) is 25.7 Å². The van der Waals surface area contributed by atoms with Crippen LogP contribution >= 0.6 is 0 Å². The van der Waals surface area contributed by atoms with E-state index in [0.717, 1.165) is 5.57 Å². The van der Waals surface area contributed by atoms with Crippen molar-refractivity contribution in [3.8, 4) is 0 Å². The van der Waals surface area contributed by atoms with Gasteiger partial charge in [0.25, 0.3) is 0 Å². The second kappa shape index (κ2) is 6.26. The topological polar surface area (TPSA) is 89.9 Å². The molecule has 0 aromatic carbocycles. The van der Waals surface area contributed by atoms with E-state index in [-0.39, 0.29) is 34.7 Å². The number of ether oxygens (including phenoxy) is 2. The SMILES string of the molecule is C=C(CO)C(=O)O[C@H]1C=C(C)[C@H]2CC(=O)[C@H](C)[C@H]2[C@@H]2OC(=O)C(=C)[C@H]21. The van der Waals surface area contributed by atoms with Crippen molar-refractivity contribution in [2.45, 2.75) is 32.5 Å². The van der Waals surface area contributed by atoms with Gasteiger partial charge >= 0.3 is 11.9 Å². The van der Waals surface area contributed by atoms with Gasteiger partial charge in [0, 0.05) is 23.8 Å². The highest BCUT2D eigenvalue weighted by Gasteiger charge is 2.56. The predicted molar refractivity (Wildman–Crippen MR) is 88.1 cm³/mol. The third-order valence-corrected chi connectivity index (χ3v) is 5.70. The van der Waals surface area contributed by atoms with Gasteiger partial charge in [0.15, 0.2) is 0 Å². The second-order valence-corrected chi connectivity index (χ2v) is 7.11. The zero-order valence-electron chi connectivity index (χ0n) is 14.4. The van der Waals surface area contributed by atoms with E-state index in [0.29, 0.717) is 6.42 Å². The Morgan fingerprint density at radius 2 is 2.12 bits per heavy atom. The third kappa shape index (κ3) is 2.74. The monoisotopic (exact) mass is 346 g/mol. The first kappa shape index (κ1) is 17.6. The Morgan fingerprint density at radius 3 is 2.76 bits per heavy atom. The molecular weight excluding hydrogens is 324 g/mol. The van der Waals surface area contributed by atoms with Gasteiger partial charge < -0.3 is 14.6 Å². The number of hydrogen-bond donors (Lipinski definition) is 1. The largest absolute Gasteiger partial charge is 0.458 e. The van der Waals surface area contributed by atoms with Gasteiger partial charge in [-0.2, -0.15) is 0 Å². The molecule has 0 aromatic rings. The van der Waals surface area contributed by atoms with Crippen LogP contribution in [0, 0.1) is 23.7 Å². The Bertz CT molecular complexity index is 703. The summed E-state index contributed by atoms with van der Waals surface area (Å²) >= 11 is 0. The Kier molecular flexibility index (Phi) is 4.41. The summed E-state index contributed by atoms with van der Waals surface area (Å²) in [6.45, 7) is 10.5. The molecule has 0 spiro atoms. The highest BCUT2D eigenvalue weighted by atomic mass is 16.6. The van der Waals surface area contributed by atoms with Gasteiger partial charge in [-0.3, -0.25) is 4.79 Å². The number of allylic oxidation sites excluding steroid dienone is 1. The summed E-state index contributed by atoms with van der Waals surface area (Å²) in [7, 11) is 0. The molecule has 0 amide bonds. The van der Waals surface area contributed by atoms with Crippen LogP contribution in [0.15, 0.2) is 36.0 Å². The van der Waals surface area contributed by atoms with Crippen molar-refractivity contribution < 1.29 is 29.0 Å². The van der Waals surface area contributed by atoms with Gasteiger partial charge in [-0.05, 0) is 18.9 Å². The minimum atomic E-state index is -0.743. The summed E-state index contributed by atoms with van der Waals surface area (Å²) in [5.74, 6) is -2.06. The quantitative estimate of drug-likeness (QED) is 0.471. The van der Waals surface area contributed by atoms with E-state index in [1.165, 1.54) is 0 Å². The van der Waals surface area contributed by atoms with E-state index in [2.05, 4.69) is 13.2 Å². The average molecular weight is 346 g/mol. The molecule has 1 heterocycles. The van der Waals surface area contributed by atoms with E-state index >= 15 is 0 Å². The molecule has 2 fully saturated rings. The van der Waals surface area contributed by atoms with Gasteiger partial charge in [-0.25, -0.2) is 9.59 Å². The fourth-order valence-corrected chi connectivity index (χ4v) is 4.26. The van der Waals surface area contributed by atoms with Crippen molar-refractivity contribution in [1.29, 1.82) is 0 Å². The maximum absolute atomic E-state index is 12.2. The zero-order chi connectivity index (χ0) is 18.5. The number of rotatable bonds is 3. The first-order valence-corrected chi connectivity index (χ1v) is 8.36. The number of esters is 2. The van der Waals surface area contributed by atoms with Crippen molar-refractivity contribution >= 4 is 17.7 Å². The number of Topliss-reactive ketones (excluding diaryl/α,β-unsaturated/α-hetero) is 1. The molecule has 25 heavy (non-hydrogen) atoms. The van der Waals surface area contributed by atoms with E-state index in [9.17, 15) is 14.4 Å². The van der Waals surface area contributed by atoms with E-state index in [4.69, 9.17) is 14.6 Å². The Hall–Kier alpha value is -2.21. The zero-order valence-corrected chi connectivity index (χ0v) is 14.4. The summed E-state index contributed by atoms with van der Waals surface area (Å²) in [6, 6.07) is 0. The number of aliphatic hydroxyl groups excluding tert-OH is 1. The molecule has 1 saturated heterocycles. The summed E-state index contributed by atoms with van der Waals surface area (Å²) in [5.41, 5.74) is 1.12. The molecule has 6 nitrogen and oxygen atoms in total. The lowest BCUT2D eigenvalue weighted by Gasteiger charge is -2.29. The highest BCUT2D eigenvalue weighted by Crippen LogP contribution is 2.50. The average Bonchev–Trinajstić information content (AvgIpc) is 2.99. The van der Waals surface area contributed by atoms with Crippen LogP contribution in [0.25, 0.3) is 0 Å². The molecule has 0 radical (unpaired) electrons. The molecule has 0 aromatic heterocycles. The van der Waals surface area contributed by atoms with Crippen molar-refractivity contribution in [3.63, 3.8) is 0 Å². The number of carbonyl (C=O) groups excluding carboxylic acids is 3. The minimum absolute atomic E-state index is 0.0431. The van der Waals surface area contributed by atoms with E-state index < -0.39 is 36.7 Å². The predicted octanol–water partition coefficient (Wildman–Crippen LogP) is 1.35. The van der Waals surface area contributed by atoms with Crippen molar-refractivity contribution in [2.24, 2.45) is 23.7 Å². The molecule has 1 N–H and O–H groups in total. The lowest BCUT2D eigenvalue weighted by Crippen LogP contribution is -2.38. The van der Waals surface area contributed by atoms with Crippen LogP contribution in [-0.4, -0.2) is 41.6 Å². The number of carbonyl (C=O) groups is 3. The molecule has 134 valence electrons. The first-order valence-electron chi connectivity index (χ1n) is 8.36. The Labute approximate surface area is 146 Å². The smallest absolute Gasteiger partial charge is 0.336 e. The molecule has 6 heteroatoms. The lowest BCUT2D eigenvalue weighted by molar-refractivity contribution is -0.148. The maximum Gasteiger partial charge on any atom is 0.336 e. The van der Waals surface area contributed by atoms with Gasteiger partial charge in [0.05, 0.1) is 18.1 Å². The van der Waals surface area contributed by atoms with Gasteiger partial charge in [0.1, 0.15) is 18.0 Å². The molecule has 1 saturated carbocycles. The van der Waals surface area contributed by atoms with Crippen LogP contribution in [0.1, 0.15) is 20.3 Å². The van der Waals surface area contributed by atoms with E-state index in [1.807, 2.05) is 13.8 Å². The molecule has 3 aliphatic rings. The Morgan fingerprint density at radius 1 is 1.44 bits per heavy atom. The van der Waals surface area contributed by atoms with Crippen LogP contribution < -0.4 is 0 Å². The molecule has 0 bridgehead atoms. The van der Waals surface area contributed by atoms with Crippen molar-refractivity contribution in [3.05, 3.63) is 36.0 Å². The molecular formula is C19H22O6. The number of aliphatic hydroxyl groups is 1. The maximum atomic E-state index is 12.2. The third-order valence-electron chi connectivity index (χ3n) is 5.70. The number of hydrogen-bond acceptors (Lipinski definition) is 6. The number of ketones is 1. The number of fused-ring (bicyclic) bond motifs is 3. The lowest BCUT2D eigenvalue weighted by atomic mass is 9.78. The van der Waals surface area contributed by atoms with Crippen LogP contribution in [0.5, 0.6) is 0 Å². The van der Waals surface area contributed by atoms with Crippen LogP contribution in [-0.2, 0) is 23.9 Å². The first-order chi connectivity index (χ1) is 11.8. The fourth-order valence-electron chi connectivity index (χ4n) is 4.26. The standard InChI is InChI=1S/C19H22O6/c1-8-5-14(24-18(22)9(2)7-20)16-11(4)19(23)25-17(16)15-10(3)13(21)6-12(8)15/h5,10,12,14-17,20H,2,4,6-7H2,1,3H3/t10-,12+,14-,15+,16-,17-/m0/s1. The minimum Gasteiger partial charge on any atom is -0.458 e. The van der Waals surface area contributed by atoms with Gasteiger partial charge in [-0.15, -0.1) is 0 Å². The highest BCUT2D eigenvalue weighted by molar-refractivity contribution is 5.92. The summed E-state index contributed by atoms with van der Waals surface area (Å²) in [6.07, 6.45) is 0.877. The van der Waals surface area contributed by atoms with Crippen molar-refractivity contribution in [2.75, 3.05) is 6.61 Å². The summed E-state index contributed by atoms with van der Waals surface area (Å²) in [4.78, 5) is 36.4. The van der Waals surface area contributed by atoms with E-state index in [1.54, 1.807) is 6.08 Å². The normalized spacial score (nSPS) is 36.9. The van der Waals surface area contributed by atoms with Crippen LogP contribution in [0.3, 0.4) is 0 Å². The van der Waals surface area contributed by atoms with Crippen LogP contribution in [0.4, 0.5) is 0 Å². The van der Waals surface area contributed by atoms with Gasteiger partial charge in [0.2, 0.25) is 0 Å². The molecule has 2 aliphatic carbocycles. The van der Waals surface area contributed by atoms with Crippen LogP contribution in [0.2, 0.25) is 0 Å². The fraction of sp³-hybridized carbons (Fsp3) is 0.526. The molecule has 6 atom stereocenters. The van der Waals surface area contributed by atoms with Crippen molar-refractivity contribution in [1.82, 2.24) is 0 Å². The molecule has 1 aliphatic heterocycles. The summed E-state index contributed by atoms with van der Waals surface area (Å²) < 4.78 is 11.1. The summed E-state index contributed by atoms with van der Waals surface area (Å²) in [5, 5.41) is 9.07. The Balaban J connectivity index is 2.00. The molecule has 0 unspecified atom stereocenters.